The summed E-state index contributed by atoms with van der Waals surface area (Å²) in [7, 11) is -3.95. The zero-order valence-electron chi connectivity index (χ0n) is 21.0. The van der Waals surface area contributed by atoms with Crippen LogP contribution in [0, 0.1) is 11.8 Å². The Labute approximate surface area is 209 Å². The quantitative estimate of drug-likeness (QED) is 0.204. The van der Waals surface area contributed by atoms with E-state index in [1.54, 1.807) is 10.9 Å². The second-order valence-electron chi connectivity index (χ2n) is 9.59. The highest BCUT2D eigenvalue weighted by atomic mass is 31.2. The molecule has 2 N–H and O–H groups in total. The van der Waals surface area contributed by atoms with Crippen LogP contribution >= 0.6 is 7.60 Å². The van der Waals surface area contributed by atoms with E-state index in [2.05, 4.69) is 15.0 Å². The van der Waals surface area contributed by atoms with Crippen LogP contribution in [0.25, 0.3) is 11.2 Å². The third kappa shape index (κ3) is 8.22. The maximum absolute atomic E-state index is 13.3. The van der Waals surface area contributed by atoms with E-state index < -0.39 is 45.1 Å². The summed E-state index contributed by atoms with van der Waals surface area (Å²) in [5.74, 6) is -0.520. The number of aromatic nitrogens is 4. The third-order valence-corrected chi connectivity index (χ3v) is 6.76. The summed E-state index contributed by atoms with van der Waals surface area (Å²) in [6, 6.07) is 0. The highest BCUT2D eigenvalue weighted by molar-refractivity contribution is 7.53. The fraction of sp³-hybridized carbons (Fsp3) is 0.682. The van der Waals surface area contributed by atoms with Gasteiger partial charge in [-0.05, 0) is 24.7 Å². The van der Waals surface area contributed by atoms with E-state index in [-0.39, 0.29) is 30.5 Å². The average Bonchev–Trinajstić information content (AvgIpc) is 3.43. The fourth-order valence-corrected chi connectivity index (χ4v) is 4.35. The number of anilines is 1. The van der Waals surface area contributed by atoms with Gasteiger partial charge in [-0.2, -0.15) is 0 Å². The number of nitrogen functional groups attached to an aromatic ring is 1. The molecule has 0 spiro atoms. The summed E-state index contributed by atoms with van der Waals surface area (Å²) in [5, 5.41) is 0. The molecule has 0 bridgehead atoms. The number of carbonyl (C=O) groups excluding carboxylic acids is 2. The van der Waals surface area contributed by atoms with Crippen LogP contribution in [0.2, 0.25) is 0 Å². The van der Waals surface area contributed by atoms with Crippen molar-refractivity contribution in [2.45, 2.75) is 65.5 Å². The topological polar surface area (TPSA) is 167 Å². The van der Waals surface area contributed by atoms with Gasteiger partial charge in [0.1, 0.15) is 18.2 Å². The first-order chi connectivity index (χ1) is 17.0. The minimum Gasteiger partial charge on any atom is -0.438 e. The van der Waals surface area contributed by atoms with Crippen molar-refractivity contribution in [2.24, 2.45) is 11.8 Å². The number of fused-ring (bicyclic) bond motifs is 1. The van der Waals surface area contributed by atoms with Crippen molar-refractivity contribution >= 4 is 36.5 Å². The van der Waals surface area contributed by atoms with Crippen LogP contribution in [-0.2, 0) is 44.0 Å². The van der Waals surface area contributed by atoms with Gasteiger partial charge in [0.05, 0.1) is 18.5 Å². The molecule has 1 aliphatic carbocycles. The van der Waals surface area contributed by atoms with Crippen LogP contribution in [-0.4, -0.2) is 57.0 Å². The largest absolute Gasteiger partial charge is 0.438 e. The molecule has 13 nitrogen and oxygen atoms in total. The summed E-state index contributed by atoms with van der Waals surface area (Å²) in [6.07, 6.45) is 4.28. The van der Waals surface area contributed by atoms with Gasteiger partial charge < -0.3 is 24.5 Å². The molecule has 0 atom stereocenters. The van der Waals surface area contributed by atoms with E-state index in [0.29, 0.717) is 30.6 Å². The van der Waals surface area contributed by atoms with Crippen LogP contribution in [0.1, 0.15) is 53.4 Å². The molecule has 1 fully saturated rings. The minimum atomic E-state index is -3.95. The van der Waals surface area contributed by atoms with E-state index in [0.717, 1.165) is 0 Å². The Balaban J connectivity index is 1.60. The number of hydrogen-bond acceptors (Lipinski definition) is 12. The molecule has 0 unspecified atom stereocenters. The molecular formula is C22H34N5O8P. The molecule has 0 amide bonds. The van der Waals surface area contributed by atoms with E-state index in [4.69, 9.17) is 29.0 Å². The van der Waals surface area contributed by atoms with Crippen LogP contribution in [0.3, 0.4) is 0 Å². The molecule has 0 radical (unpaired) electrons. The summed E-state index contributed by atoms with van der Waals surface area (Å²) in [4.78, 5) is 36.1. The number of esters is 2. The van der Waals surface area contributed by atoms with E-state index >= 15 is 0 Å². The van der Waals surface area contributed by atoms with Crippen LogP contribution < -0.4 is 5.73 Å². The summed E-state index contributed by atoms with van der Waals surface area (Å²) < 4.78 is 41.7. The zero-order valence-corrected chi connectivity index (χ0v) is 21.9. The lowest BCUT2D eigenvalue weighted by Gasteiger charge is -2.22. The van der Waals surface area contributed by atoms with Gasteiger partial charge in [-0.3, -0.25) is 23.2 Å². The highest BCUT2D eigenvalue weighted by Crippen LogP contribution is 2.52. The van der Waals surface area contributed by atoms with Gasteiger partial charge in [-0.1, -0.05) is 27.7 Å². The van der Waals surface area contributed by atoms with Crippen LogP contribution in [0.4, 0.5) is 5.82 Å². The Morgan fingerprint density at radius 1 is 1.03 bits per heavy atom. The SMILES string of the molecule is CC(C)CC(=O)OCOP(=O)(COC1(Cn2cnc3c(N)ncnc32)CC1)OCOC(=O)CC(C)C. The Morgan fingerprint density at radius 3 is 2.14 bits per heavy atom. The molecule has 36 heavy (non-hydrogen) atoms. The standard InChI is InChI=1S/C22H34N5O8P/c1-15(2)7-17(28)31-12-34-36(30,35-13-32-18(29)8-16(3)4)14-33-22(5-6-22)9-27-11-26-19-20(23)24-10-25-21(19)27/h10-11,15-16H,5-9,12-14H2,1-4H3,(H2,23,24,25). The fourth-order valence-electron chi connectivity index (χ4n) is 3.27. The first-order valence-corrected chi connectivity index (χ1v) is 13.5. The van der Waals surface area contributed by atoms with Crippen molar-refractivity contribution in [3.05, 3.63) is 12.7 Å². The Bertz CT molecular complexity index is 1070. The lowest BCUT2D eigenvalue weighted by Crippen LogP contribution is -2.23. The number of imidazole rings is 1. The maximum atomic E-state index is 13.3. The van der Waals surface area contributed by atoms with Crippen molar-refractivity contribution in [2.75, 3.05) is 25.7 Å². The molecule has 14 heteroatoms. The Kier molecular flexibility index (Phi) is 9.40. The van der Waals surface area contributed by atoms with Gasteiger partial charge in [0.2, 0.25) is 13.6 Å². The molecule has 3 rings (SSSR count). The molecule has 0 saturated heterocycles. The zero-order chi connectivity index (χ0) is 26.3. The van der Waals surface area contributed by atoms with Crippen molar-refractivity contribution in [1.29, 1.82) is 0 Å². The second kappa shape index (κ2) is 12.1. The Morgan fingerprint density at radius 2 is 1.61 bits per heavy atom. The van der Waals surface area contributed by atoms with Crippen molar-refractivity contribution in [3.63, 3.8) is 0 Å². The number of hydrogen-bond donors (Lipinski definition) is 1. The predicted molar refractivity (Wildman–Crippen MR) is 128 cm³/mol. The summed E-state index contributed by atoms with van der Waals surface area (Å²) in [5.41, 5.74) is 6.25. The molecule has 1 saturated carbocycles. The van der Waals surface area contributed by atoms with Crippen LogP contribution in [0.15, 0.2) is 12.7 Å². The second-order valence-corrected chi connectivity index (χ2v) is 11.6. The van der Waals surface area contributed by atoms with E-state index in [1.165, 1.54) is 6.33 Å². The van der Waals surface area contributed by atoms with Crippen LogP contribution in [0.5, 0.6) is 0 Å². The number of rotatable bonds is 15. The summed E-state index contributed by atoms with van der Waals surface area (Å²) >= 11 is 0. The third-order valence-electron chi connectivity index (χ3n) is 5.31. The lowest BCUT2D eigenvalue weighted by molar-refractivity contribution is -0.153. The van der Waals surface area contributed by atoms with E-state index in [9.17, 15) is 14.2 Å². The predicted octanol–water partition coefficient (Wildman–Crippen LogP) is 3.24. The smallest absolute Gasteiger partial charge is 0.361 e. The minimum absolute atomic E-state index is 0.0962. The van der Waals surface area contributed by atoms with Gasteiger partial charge in [0, 0.05) is 12.8 Å². The molecule has 2 aromatic heterocycles. The molecular weight excluding hydrogens is 493 g/mol. The van der Waals surface area contributed by atoms with Gasteiger partial charge in [-0.15, -0.1) is 0 Å². The molecule has 2 aromatic rings. The average molecular weight is 528 g/mol. The molecule has 2 heterocycles. The van der Waals surface area contributed by atoms with Gasteiger partial charge in [0.25, 0.3) is 0 Å². The van der Waals surface area contributed by atoms with E-state index in [1.807, 2.05) is 27.7 Å². The highest BCUT2D eigenvalue weighted by Gasteiger charge is 2.47. The lowest BCUT2D eigenvalue weighted by atomic mass is 10.1. The van der Waals surface area contributed by atoms with Gasteiger partial charge in [-0.25, -0.2) is 15.0 Å². The van der Waals surface area contributed by atoms with Crippen molar-refractivity contribution < 1.29 is 37.4 Å². The number of nitrogens with two attached hydrogens (primary N) is 1. The first kappa shape index (κ1) is 28.0. The summed E-state index contributed by atoms with van der Waals surface area (Å²) in [6.45, 7) is 6.70. The van der Waals surface area contributed by atoms with Gasteiger partial charge in [0.15, 0.2) is 11.5 Å². The monoisotopic (exact) mass is 527 g/mol. The number of nitrogens with zero attached hydrogens (tertiary/aromatic N) is 4. The van der Waals surface area contributed by atoms with Gasteiger partial charge >= 0.3 is 19.5 Å². The number of ether oxygens (including phenoxy) is 3. The Hall–Kier alpha value is -2.60. The first-order valence-electron chi connectivity index (χ1n) is 11.8. The van der Waals surface area contributed by atoms with Crippen molar-refractivity contribution in [3.8, 4) is 0 Å². The molecule has 200 valence electrons. The molecule has 0 aromatic carbocycles. The number of carbonyl (C=O) groups is 2. The van der Waals surface area contributed by atoms with Crippen molar-refractivity contribution in [1.82, 2.24) is 19.5 Å². The normalized spacial score (nSPS) is 14.9. The molecule has 0 aliphatic heterocycles. The maximum Gasteiger partial charge on any atom is 0.361 e. The molecule has 1 aliphatic rings.